The van der Waals surface area contributed by atoms with Crippen molar-refractivity contribution in [3.05, 3.63) is 28.0 Å². The first-order valence-electron chi connectivity index (χ1n) is 6.46. The summed E-state index contributed by atoms with van der Waals surface area (Å²) in [5.41, 5.74) is 0.248. The van der Waals surface area contributed by atoms with Gasteiger partial charge in [0.2, 0.25) is 0 Å². The fourth-order valence-electron chi connectivity index (χ4n) is 2.43. The van der Waals surface area contributed by atoms with Crippen LogP contribution in [0.15, 0.2) is 12.1 Å². The van der Waals surface area contributed by atoms with E-state index in [4.69, 9.17) is 23.2 Å². The number of aromatic nitrogens is 1. The minimum absolute atomic E-state index is 0.0340. The Balaban J connectivity index is 1.93. The standard InChI is InChI=1S/C13H13Cl2F3N2O/c14-10-5-7(6-11(15)20-10)12(21)19-9-3-1-8(2-4-9)13(16,17)18/h5-6,8-9H,1-4H2,(H,19,21). The summed E-state index contributed by atoms with van der Waals surface area (Å²) in [5.74, 6) is -1.67. The van der Waals surface area contributed by atoms with E-state index in [0.717, 1.165) is 0 Å². The van der Waals surface area contributed by atoms with Crippen LogP contribution in [0.1, 0.15) is 36.0 Å². The van der Waals surface area contributed by atoms with Gasteiger partial charge in [-0.2, -0.15) is 13.2 Å². The van der Waals surface area contributed by atoms with E-state index in [2.05, 4.69) is 10.3 Å². The molecule has 1 aromatic rings. The molecule has 0 unspecified atom stereocenters. The Kier molecular flexibility index (Phi) is 4.99. The summed E-state index contributed by atoms with van der Waals surface area (Å²) in [6, 6.07) is 2.47. The lowest BCUT2D eigenvalue weighted by molar-refractivity contribution is -0.182. The number of hydrogen-bond donors (Lipinski definition) is 1. The summed E-state index contributed by atoms with van der Waals surface area (Å²) in [5, 5.41) is 2.89. The first kappa shape index (κ1) is 16.4. The molecule has 116 valence electrons. The lowest BCUT2D eigenvalue weighted by atomic mass is 9.85. The number of rotatable bonds is 2. The van der Waals surface area contributed by atoms with Crippen molar-refractivity contribution in [3.63, 3.8) is 0 Å². The van der Waals surface area contributed by atoms with Crippen LogP contribution in [0.2, 0.25) is 10.3 Å². The van der Waals surface area contributed by atoms with Crippen LogP contribution < -0.4 is 5.32 Å². The van der Waals surface area contributed by atoms with Crippen LogP contribution in [0.5, 0.6) is 0 Å². The lowest BCUT2D eigenvalue weighted by Crippen LogP contribution is -2.40. The molecule has 1 heterocycles. The molecule has 21 heavy (non-hydrogen) atoms. The number of alkyl halides is 3. The number of amides is 1. The van der Waals surface area contributed by atoms with Crippen molar-refractivity contribution in [2.45, 2.75) is 37.9 Å². The molecule has 1 aromatic heterocycles. The lowest BCUT2D eigenvalue weighted by Gasteiger charge is -2.30. The molecule has 1 saturated carbocycles. The molecular formula is C13H13Cl2F3N2O. The summed E-state index contributed by atoms with van der Waals surface area (Å²) in [7, 11) is 0. The normalized spacial score (nSPS) is 22.9. The molecule has 2 rings (SSSR count). The second-order valence-corrected chi connectivity index (χ2v) is 5.84. The number of nitrogens with zero attached hydrogens (tertiary/aromatic N) is 1. The van der Waals surface area contributed by atoms with Gasteiger partial charge in [-0.1, -0.05) is 23.2 Å². The average Bonchev–Trinajstić information content (AvgIpc) is 2.37. The predicted molar refractivity (Wildman–Crippen MR) is 73.5 cm³/mol. The van der Waals surface area contributed by atoms with Gasteiger partial charge in [0.15, 0.2) is 0 Å². The number of halogens is 5. The Morgan fingerprint density at radius 3 is 2.14 bits per heavy atom. The molecule has 1 N–H and O–H groups in total. The van der Waals surface area contributed by atoms with E-state index >= 15 is 0 Å². The zero-order chi connectivity index (χ0) is 15.6. The zero-order valence-corrected chi connectivity index (χ0v) is 12.4. The molecular weight excluding hydrogens is 328 g/mol. The minimum atomic E-state index is -4.15. The number of carbonyl (C=O) groups excluding carboxylic acids is 1. The number of nitrogens with one attached hydrogen (secondary N) is 1. The zero-order valence-electron chi connectivity index (χ0n) is 10.9. The maximum Gasteiger partial charge on any atom is 0.391 e. The fourth-order valence-corrected chi connectivity index (χ4v) is 2.89. The quantitative estimate of drug-likeness (QED) is 0.818. The van der Waals surface area contributed by atoms with Crippen molar-refractivity contribution in [1.82, 2.24) is 10.3 Å². The van der Waals surface area contributed by atoms with E-state index in [9.17, 15) is 18.0 Å². The molecule has 1 amide bonds. The number of hydrogen-bond acceptors (Lipinski definition) is 2. The third kappa shape index (κ3) is 4.48. The highest BCUT2D eigenvalue weighted by atomic mass is 35.5. The molecule has 8 heteroatoms. The van der Waals surface area contributed by atoms with Crippen molar-refractivity contribution in [2.24, 2.45) is 5.92 Å². The van der Waals surface area contributed by atoms with Crippen LogP contribution in [0.4, 0.5) is 13.2 Å². The van der Waals surface area contributed by atoms with Crippen molar-refractivity contribution in [1.29, 1.82) is 0 Å². The summed E-state index contributed by atoms with van der Waals surface area (Å²) >= 11 is 11.4. The molecule has 0 radical (unpaired) electrons. The average molecular weight is 341 g/mol. The highest BCUT2D eigenvalue weighted by Crippen LogP contribution is 2.37. The first-order chi connectivity index (χ1) is 9.75. The summed E-state index contributed by atoms with van der Waals surface area (Å²) < 4.78 is 37.7. The van der Waals surface area contributed by atoms with E-state index < -0.39 is 18.0 Å². The maximum atomic E-state index is 12.6. The number of carbonyl (C=O) groups is 1. The van der Waals surface area contributed by atoms with Gasteiger partial charge in [-0.25, -0.2) is 4.98 Å². The molecule has 1 aliphatic carbocycles. The van der Waals surface area contributed by atoms with Crippen molar-refractivity contribution >= 4 is 29.1 Å². The van der Waals surface area contributed by atoms with Crippen LogP contribution in [-0.4, -0.2) is 23.1 Å². The Morgan fingerprint density at radius 2 is 1.67 bits per heavy atom. The van der Waals surface area contributed by atoms with Crippen LogP contribution in [0.25, 0.3) is 0 Å². The second kappa shape index (κ2) is 6.40. The monoisotopic (exact) mass is 340 g/mol. The molecule has 0 bridgehead atoms. The third-order valence-electron chi connectivity index (χ3n) is 3.55. The van der Waals surface area contributed by atoms with Crippen molar-refractivity contribution in [2.75, 3.05) is 0 Å². The first-order valence-corrected chi connectivity index (χ1v) is 7.22. The predicted octanol–water partition coefficient (Wildman–Crippen LogP) is 4.24. The Bertz CT molecular complexity index is 508. The van der Waals surface area contributed by atoms with Gasteiger partial charge in [0.1, 0.15) is 10.3 Å². The van der Waals surface area contributed by atoms with E-state index in [-0.39, 0.29) is 34.8 Å². The van der Waals surface area contributed by atoms with Gasteiger partial charge in [0.05, 0.1) is 5.92 Å². The Labute approximate surface area is 129 Å². The van der Waals surface area contributed by atoms with Crippen LogP contribution >= 0.6 is 23.2 Å². The van der Waals surface area contributed by atoms with Gasteiger partial charge in [-0.3, -0.25) is 4.79 Å². The smallest absolute Gasteiger partial charge is 0.349 e. The molecule has 0 saturated heterocycles. The highest BCUT2D eigenvalue weighted by Gasteiger charge is 2.41. The fraction of sp³-hybridized carbons (Fsp3) is 0.538. The molecule has 0 aliphatic heterocycles. The molecule has 0 atom stereocenters. The summed E-state index contributed by atoms with van der Waals surface area (Å²) in [4.78, 5) is 15.7. The van der Waals surface area contributed by atoms with E-state index in [0.29, 0.717) is 12.8 Å². The van der Waals surface area contributed by atoms with Crippen molar-refractivity contribution in [3.8, 4) is 0 Å². The van der Waals surface area contributed by atoms with Gasteiger partial charge in [0.25, 0.3) is 5.91 Å². The summed E-state index contributed by atoms with van der Waals surface area (Å²) in [6.45, 7) is 0. The SMILES string of the molecule is O=C(NC1CCC(C(F)(F)F)CC1)c1cc(Cl)nc(Cl)c1. The molecule has 1 fully saturated rings. The van der Waals surface area contributed by atoms with Gasteiger partial charge >= 0.3 is 6.18 Å². The minimum Gasteiger partial charge on any atom is -0.349 e. The van der Waals surface area contributed by atoms with Crippen LogP contribution in [0.3, 0.4) is 0 Å². The highest BCUT2D eigenvalue weighted by molar-refractivity contribution is 6.33. The van der Waals surface area contributed by atoms with Crippen LogP contribution in [0, 0.1) is 5.92 Å². The summed E-state index contributed by atoms with van der Waals surface area (Å²) in [6.07, 6.45) is -3.47. The largest absolute Gasteiger partial charge is 0.391 e. The molecule has 0 aromatic carbocycles. The molecule has 3 nitrogen and oxygen atoms in total. The topological polar surface area (TPSA) is 42.0 Å². The Hall–Kier alpha value is -1.01. The van der Waals surface area contributed by atoms with Gasteiger partial charge in [-0.05, 0) is 37.8 Å². The maximum absolute atomic E-state index is 12.6. The van der Waals surface area contributed by atoms with E-state index in [1.54, 1.807) is 0 Å². The molecule has 1 aliphatic rings. The van der Waals surface area contributed by atoms with E-state index in [1.807, 2.05) is 0 Å². The van der Waals surface area contributed by atoms with Gasteiger partial charge < -0.3 is 5.32 Å². The van der Waals surface area contributed by atoms with Crippen molar-refractivity contribution < 1.29 is 18.0 Å². The van der Waals surface area contributed by atoms with Gasteiger partial charge in [-0.15, -0.1) is 0 Å². The Morgan fingerprint density at radius 1 is 1.14 bits per heavy atom. The van der Waals surface area contributed by atoms with E-state index in [1.165, 1.54) is 12.1 Å². The second-order valence-electron chi connectivity index (χ2n) is 5.06. The molecule has 0 spiro atoms. The number of pyridine rings is 1. The third-order valence-corrected chi connectivity index (χ3v) is 3.94. The van der Waals surface area contributed by atoms with Gasteiger partial charge in [0, 0.05) is 11.6 Å². The van der Waals surface area contributed by atoms with Crippen LogP contribution in [-0.2, 0) is 0 Å².